The summed E-state index contributed by atoms with van der Waals surface area (Å²) in [5.74, 6) is 0.723. The summed E-state index contributed by atoms with van der Waals surface area (Å²) in [6.45, 7) is 5.93. The highest BCUT2D eigenvalue weighted by Crippen LogP contribution is 1.95. The van der Waals surface area contributed by atoms with Crippen LogP contribution in [0.2, 0.25) is 19.6 Å². The summed E-state index contributed by atoms with van der Waals surface area (Å²) in [7, 11) is -1.50. The molecule has 0 N–H and O–H groups in total. The third-order valence-electron chi connectivity index (χ3n) is 0.540. The highest BCUT2D eigenvalue weighted by molar-refractivity contribution is 6.84. The molecule has 50 valence electrons. The first-order valence-electron chi connectivity index (χ1n) is 2.66. The first kappa shape index (κ1) is 8.25. The van der Waals surface area contributed by atoms with Gasteiger partial charge in [0.25, 0.3) is 0 Å². The molecule has 0 atom stereocenters. The second kappa shape index (κ2) is 2.69. The summed E-state index contributed by atoms with van der Waals surface area (Å²) in [5.41, 5.74) is 2.65. The number of carbonyl (C=O) groups excluding carboxylic acids is 1. The number of rotatable bonds is 0. The Kier molecular flexibility index (Phi) is 2.47. The fourth-order valence-corrected chi connectivity index (χ4v) is 0.716. The molecule has 3 heteroatoms. The minimum absolute atomic E-state index is 1.28. The fourth-order valence-electron chi connectivity index (χ4n) is 0.239. The van der Waals surface area contributed by atoms with Gasteiger partial charge in [0, 0.05) is 0 Å². The quantitative estimate of drug-likeness (QED) is 0.341. The third-order valence-corrected chi connectivity index (χ3v) is 1.41. The predicted octanol–water partition coefficient (Wildman–Crippen LogP) is -0.383. The van der Waals surface area contributed by atoms with Gasteiger partial charge in [0.15, 0.2) is 0 Å². The largest absolute Gasteiger partial charge is 0.537 e. The molecular formula is C6H9O2Si-. The van der Waals surface area contributed by atoms with Crippen molar-refractivity contribution in [3.63, 3.8) is 0 Å². The van der Waals surface area contributed by atoms with E-state index in [4.69, 9.17) is 0 Å². The average Bonchev–Trinajstić information content (AvgIpc) is 1.59. The average molecular weight is 141 g/mol. The SMILES string of the molecule is C[Si](C)(C)C#CC(=O)[O-]. The molecule has 0 rings (SSSR count). The van der Waals surface area contributed by atoms with Crippen molar-refractivity contribution in [2.45, 2.75) is 19.6 Å². The molecule has 0 bridgehead atoms. The standard InChI is InChI=1S/C6H10O2Si/c1-9(2,3)5-4-6(7)8/h1-3H3,(H,7,8)/p-1. The summed E-state index contributed by atoms with van der Waals surface area (Å²) >= 11 is 0. The number of carboxylic acids is 1. The van der Waals surface area contributed by atoms with Crippen LogP contribution in [-0.4, -0.2) is 14.0 Å². The van der Waals surface area contributed by atoms with E-state index in [1.807, 2.05) is 25.6 Å². The highest BCUT2D eigenvalue weighted by atomic mass is 28.3. The Hall–Kier alpha value is -0.753. The molecule has 0 aliphatic carbocycles. The van der Waals surface area contributed by atoms with E-state index >= 15 is 0 Å². The van der Waals surface area contributed by atoms with E-state index in [0.717, 1.165) is 0 Å². The number of hydrogen-bond donors (Lipinski definition) is 0. The lowest BCUT2D eigenvalue weighted by Gasteiger charge is -2.02. The lowest BCUT2D eigenvalue weighted by molar-refractivity contribution is -0.295. The van der Waals surface area contributed by atoms with Crippen LogP contribution in [0.4, 0.5) is 0 Å². The van der Waals surface area contributed by atoms with Crippen molar-refractivity contribution in [1.82, 2.24) is 0 Å². The predicted molar refractivity (Wildman–Crippen MR) is 36.1 cm³/mol. The van der Waals surface area contributed by atoms with Crippen molar-refractivity contribution in [2.24, 2.45) is 0 Å². The van der Waals surface area contributed by atoms with Crippen LogP contribution in [0.1, 0.15) is 0 Å². The normalized spacial score (nSPS) is 9.67. The molecule has 9 heavy (non-hydrogen) atoms. The van der Waals surface area contributed by atoms with Gasteiger partial charge in [0.2, 0.25) is 0 Å². The Morgan fingerprint density at radius 3 is 2.00 bits per heavy atom. The molecule has 0 radical (unpaired) electrons. The second-order valence-corrected chi connectivity index (χ2v) is 7.54. The number of hydrogen-bond acceptors (Lipinski definition) is 2. The van der Waals surface area contributed by atoms with Gasteiger partial charge in [0.05, 0.1) is 0 Å². The Morgan fingerprint density at radius 2 is 1.89 bits per heavy atom. The molecule has 0 aromatic carbocycles. The van der Waals surface area contributed by atoms with Gasteiger partial charge in [-0.3, -0.25) is 0 Å². The van der Waals surface area contributed by atoms with Gasteiger partial charge in [-0.05, 0) is 0 Å². The van der Waals surface area contributed by atoms with E-state index in [1.165, 1.54) is 0 Å². The molecule has 0 amide bonds. The molecule has 0 saturated carbocycles. The zero-order valence-corrected chi connectivity index (χ0v) is 6.82. The smallest absolute Gasteiger partial charge is 0.129 e. The van der Waals surface area contributed by atoms with Crippen LogP contribution < -0.4 is 5.11 Å². The Balaban J connectivity index is 4.04. The lowest BCUT2D eigenvalue weighted by Crippen LogP contribution is -2.23. The topological polar surface area (TPSA) is 40.1 Å². The fraction of sp³-hybridized carbons (Fsp3) is 0.500. The van der Waals surface area contributed by atoms with Gasteiger partial charge in [0.1, 0.15) is 14.0 Å². The Morgan fingerprint density at radius 1 is 1.44 bits per heavy atom. The van der Waals surface area contributed by atoms with Crippen molar-refractivity contribution in [1.29, 1.82) is 0 Å². The third kappa shape index (κ3) is 7.25. The summed E-state index contributed by atoms with van der Waals surface area (Å²) in [5, 5.41) is 9.78. The zero-order chi connectivity index (χ0) is 7.49. The van der Waals surface area contributed by atoms with Gasteiger partial charge in [-0.25, -0.2) is 0 Å². The molecule has 0 heterocycles. The maximum absolute atomic E-state index is 9.78. The number of carboxylic acid groups (broad SMARTS) is 1. The monoisotopic (exact) mass is 141 g/mol. The van der Waals surface area contributed by atoms with Crippen LogP contribution in [0.5, 0.6) is 0 Å². The summed E-state index contributed by atoms with van der Waals surface area (Å²) in [6.07, 6.45) is 0. The van der Waals surface area contributed by atoms with Crippen molar-refractivity contribution in [3.05, 3.63) is 0 Å². The Bertz CT molecular complexity index is 168. The van der Waals surface area contributed by atoms with E-state index in [-0.39, 0.29) is 0 Å². The molecule has 0 unspecified atom stereocenters. The second-order valence-electron chi connectivity index (χ2n) is 2.79. The molecule has 0 aliphatic rings. The van der Waals surface area contributed by atoms with Crippen LogP contribution in [0.3, 0.4) is 0 Å². The zero-order valence-electron chi connectivity index (χ0n) is 5.82. The van der Waals surface area contributed by atoms with Gasteiger partial charge in [-0.15, -0.1) is 5.54 Å². The molecular weight excluding hydrogens is 132 g/mol. The maximum Gasteiger partial charge on any atom is 0.129 e. The van der Waals surface area contributed by atoms with E-state index in [0.29, 0.717) is 0 Å². The van der Waals surface area contributed by atoms with E-state index in [9.17, 15) is 9.90 Å². The number of aliphatic carboxylic acids is 1. The van der Waals surface area contributed by atoms with Crippen molar-refractivity contribution in [2.75, 3.05) is 0 Å². The van der Waals surface area contributed by atoms with E-state index in [1.54, 1.807) is 0 Å². The molecule has 0 aliphatic heterocycles. The summed E-state index contributed by atoms with van der Waals surface area (Å²) in [4.78, 5) is 9.78. The summed E-state index contributed by atoms with van der Waals surface area (Å²) in [6, 6.07) is 0. The minimum atomic E-state index is -1.50. The highest BCUT2D eigenvalue weighted by Gasteiger charge is 2.06. The first-order chi connectivity index (χ1) is 3.92. The van der Waals surface area contributed by atoms with Gasteiger partial charge in [-0.2, -0.15) is 0 Å². The van der Waals surface area contributed by atoms with Crippen LogP contribution in [-0.2, 0) is 4.79 Å². The first-order valence-corrected chi connectivity index (χ1v) is 6.16. The molecule has 0 spiro atoms. The summed E-state index contributed by atoms with van der Waals surface area (Å²) < 4.78 is 0. The van der Waals surface area contributed by atoms with Crippen molar-refractivity contribution in [3.8, 4) is 11.5 Å². The van der Waals surface area contributed by atoms with Gasteiger partial charge < -0.3 is 9.90 Å². The lowest BCUT2D eigenvalue weighted by atomic mass is 10.7. The maximum atomic E-state index is 9.78. The van der Waals surface area contributed by atoms with Crippen LogP contribution in [0, 0.1) is 11.5 Å². The van der Waals surface area contributed by atoms with Crippen molar-refractivity contribution < 1.29 is 9.90 Å². The van der Waals surface area contributed by atoms with Crippen molar-refractivity contribution >= 4 is 14.0 Å². The number of carbonyl (C=O) groups is 1. The van der Waals surface area contributed by atoms with Gasteiger partial charge in [-0.1, -0.05) is 25.6 Å². The minimum Gasteiger partial charge on any atom is -0.537 e. The molecule has 0 aromatic heterocycles. The molecule has 0 fully saturated rings. The van der Waals surface area contributed by atoms with E-state index in [2.05, 4.69) is 5.54 Å². The Labute approximate surface area is 55.9 Å². The van der Waals surface area contributed by atoms with Crippen LogP contribution in [0.15, 0.2) is 0 Å². The van der Waals surface area contributed by atoms with Gasteiger partial charge >= 0.3 is 0 Å². The molecule has 0 saturated heterocycles. The molecule has 0 aromatic rings. The molecule has 2 nitrogen and oxygen atoms in total. The van der Waals surface area contributed by atoms with E-state index < -0.39 is 14.0 Å². The van der Waals surface area contributed by atoms with Crippen LogP contribution in [0.25, 0.3) is 0 Å². The van der Waals surface area contributed by atoms with Crippen LogP contribution >= 0.6 is 0 Å².